The van der Waals surface area contributed by atoms with Gasteiger partial charge in [-0.25, -0.2) is 4.99 Å². The molecule has 0 aromatic heterocycles. The Morgan fingerprint density at radius 3 is 2.94 bits per heavy atom. The quantitative estimate of drug-likeness (QED) is 0.672. The van der Waals surface area contributed by atoms with Crippen LogP contribution in [0.5, 0.6) is 0 Å². The zero-order chi connectivity index (χ0) is 11.4. The predicted octanol–water partition coefficient (Wildman–Crippen LogP) is 0.672. The molecule has 16 heavy (non-hydrogen) atoms. The molecule has 0 amide bonds. The Morgan fingerprint density at radius 2 is 2.31 bits per heavy atom. The van der Waals surface area contributed by atoms with E-state index in [0.717, 1.165) is 36.6 Å². The van der Waals surface area contributed by atoms with Crippen molar-refractivity contribution in [1.82, 2.24) is 10.0 Å². The minimum atomic E-state index is -0.116. The Bertz CT molecular complexity index is 406. The van der Waals surface area contributed by atoms with Gasteiger partial charge in [-0.3, -0.25) is 15.0 Å². The highest BCUT2D eigenvalue weighted by Crippen LogP contribution is 2.25. The van der Waals surface area contributed by atoms with Crippen molar-refractivity contribution in [2.75, 3.05) is 19.6 Å². The second kappa shape index (κ2) is 5.10. The lowest BCUT2D eigenvalue weighted by atomic mass is 10.6. The van der Waals surface area contributed by atoms with Gasteiger partial charge in [-0.1, -0.05) is 0 Å². The van der Waals surface area contributed by atoms with Gasteiger partial charge in [0, 0.05) is 11.8 Å². The van der Waals surface area contributed by atoms with Crippen LogP contribution in [0.1, 0.15) is 0 Å². The number of hydrogen-bond donors (Lipinski definition) is 0. The molecular formula is C8H8N6S2. The largest absolute Gasteiger partial charge is 0.272 e. The molecule has 8 heteroatoms. The topological polar surface area (TPSA) is 78.8 Å². The van der Waals surface area contributed by atoms with Crippen LogP contribution in [0.25, 0.3) is 0 Å². The molecule has 0 saturated heterocycles. The van der Waals surface area contributed by atoms with E-state index in [4.69, 9.17) is 10.5 Å². The van der Waals surface area contributed by atoms with Gasteiger partial charge >= 0.3 is 0 Å². The Kier molecular flexibility index (Phi) is 3.54. The van der Waals surface area contributed by atoms with Crippen LogP contribution in [-0.4, -0.2) is 46.5 Å². The maximum absolute atomic E-state index is 8.68. The van der Waals surface area contributed by atoms with E-state index in [9.17, 15) is 0 Å². The molecule has 2 heterocycles. The van der Waals surface area contributed by atoms with Crippen molar-refractivity contribution in [3.63, 3.8) is 0 Å². The van der Waals surface area contributed by atoms with Gasteiger partial charge in [-0.15, -0.1) is 0 Å². The van der Waals surface area contributed by atoms with Gasteiger partial charge in [0.1, 0.15) is 22.5 Å². The van der Waals surface area contributed by atoms with Gasteiger partial charge in [0.2, 0.25) is 0 Å². The van der Waals surface area contributed by atoms with Crippen molar-refractivity contribution in [2.24, 2.45) is 9.98 Å². The van der Waals surface area contributed by atoms with Crippen molar-refractivity contribution >= 4 is 35.0 Å². The van der Waals surface area contributed by atoms with Crippen molar-refractivity contribution in [3.8, 4) is 10.8 Å². The van der Waals surface area contributed by atoms with Crippen molar-refractivity contribution in [3.05, 3.63) is 0 Å². The number of rotatable bonds is 2. The minimum absolute atomic E-state index is 0.116. The van der Waals surface area contributed by atoms with Crippen LogP contribution in [0, 0.1) is 21.3 Å². The van der Waals surface area contributed by atoms with Crippen molar-refractivity contribution in [2.45, 2.75) is 5.37 Å². The summed E-state index contributed by atoms with van der Waals surface area (Å²) >= 11 is 2.13. The van der Waals surface area contributed by atoms with E-state index in [2.05, 4.69) is 9.98 Å². The van der Waals surface area contributed by atoms with E-state index in [1.807, 2.05) is 20.8 Å². The summed E-state index contributed by atoms with van der Waals surface area (Å²) in [6.07, 6.45) is 1.74. The third-order valence-corrected chi connectivity index (χ3v) is 3.34. The first-order valence-electron chi connectivity index (χ1n) is 4.57. The number of aliphatic imine (C=N–C) groups is 2. The van der Waals surface area contributed by atoms with Gasteiger partial charge in [0.05, 0.1) is 19.6 Å². The molecule has 0 saturated carbocycles. The predicted molar refractivity (Wildman–Crippen MR) is 64.4 cm³/mol. The Hall–Kier alpha value is -1.38. The van der Waals surface area contributed by atoms with Crippen LogP contribution in [0.2, 0.25) is 0 Å². The lowest BCUT2D eigenvalue weighted by Gasteiger charge is -2.28. The standard InChI is InChI=1S/C8H8N6S2/c9-4-15-7-3-14(8(12-7)16-5-10)13-2-1-11-6-13/h6-7H,1-3H2. The van der Waals surface area contributed by atoms with Crippen LogP contribution < -0.4 is 0 Å². The molecule has 0 aliphatic carbocycles. The molecule has 0 bridgehead atoms. The summed E-state index contributed by atoms with van der Waals surface area (Å²) < 4.78 is 0. The van der Waals surface area contributed by atoms with Crippen LogP contribution >= 0.6 is 23.5 Å². The second-order valence-electron chi connectivity index (χ2n) is 3.04. The molecule has 0 radical (unpaired) electrons. The highest BCUT2D eigenvalue weighted by atomic mass is 32.2. The maximum Gasteiger partial charge on any atom is 0.194 e. The molecule has 2 aliphatic rings. The number of thioether (sulfide) groups is 2. The van der Waals surface area contributed by atoms with Gasteiger partial charge in [0.15, 0.2) is 5.17 Å². The molecule has 0 aromatic carbocycles. The van der Waals surface area contributed by atoms with E-state index in [1.165, 1.54) is 0 Å². The Morgan fingerprint density at radius 1 is 1.44 bits per heavy atom. The smallest absolute Gasteiger partial charge is 0.194 e. The first-order valence-corrected chi connectivity index (χ1v) is 6.27. The molecule has 82 valence electrons. The Balaban J connectivity index is 2.08. The number of thiocyanates is 2. The summed E-state index contributed by atoms with van der Waals surface area (Å²) in [5, 5.41) is 25.7. The fourth-order valence-corrected chi connectivity index (χ4v) is 2.57. The molecule has 1 unspecified atom stereocenters. The fourth-order valence-electron chi connectivity index (χ4n) is 1.47. The normalized spacial score (nSPS) is 23.1. The molecular weight excluding hydrogens is 244 g/mol. The lowest BCUT2D eigenvalue weighted by molar-refractivity contribution is 0.171. The summed E-state index contributed by atoms with van der Waals surface area (Å²) in [5.74, 6) is 0. The maximum atomic E-state index is 8.68. The van der Waals surface area contributed by atoms with Crippen LogP contribution in [0.15, 0.2) is 9.98 Å². The third kappa shape index (κ3) is 2.23. The van der Waals surface area contributed by atoms with E-state index in [-0.39, 0.29) is 5.37 Å². The van der Waals surface area contributed by atoms with Gasteiger partial charge in [0.25, 0.3) is 0 Å². The molecule has 0 aromatic rings. The third-order valence-electron chi connectivity index (χ3n) is 2.11. The number of nitriles is 2. The summed E-state index contributed by atoms with van der Waals surface area (Å²) in [4.78, 5) is 8.43. The van der Waals surface area contributed by atoms with E-state index in [0.29, 0.717) is 11.7 Å². The summed E-state index contributed by atoms with van der Waals surface area (Å²) in [6, 6.07) is 0. The molecule has 0 N–H and O–H groups in total. The molecule has 6 nitrogen and oxygen atoms in total. The molecule has 0 fully saturated rings. The fraction of sp³-hybridized carbons (Fsp3) is 0.500. The molecule has 1 atom stereocenters. The number of amidine groups is 1. The first-order chi connectivity index (χ1) is 7.85. The van der Waals surface area contributed by atoms with Gasteiger partial charge < -0.3 is 0 Å². The number of hydrogen-bond acceptors (Lipinski definition) is 8. The second-order valence-corrected chi connectivity index (χ2v) is 4.75. The molecule has 2 aliphatic heterocycles. The average molecular weight is 252 g/mol. The lowest BCUT2D eigenvalue weighted by Crippen LogP contribution is -2.42. The first kappa shape index (κ1) is 11.1. The summed E-state index contributed by atoms with van der Waals surface area (Å²) in [7, 11) is 0. The van der Waals surface area contributed by atoms with Crippen molar-refractivity contribution < 1.29 is 0 Å². The van der Waals surface area contributed by atoms with Crippen LogP contribution in [0.4, 0.5) is 0 Å². The number of nitrogens with zero attached hydrogens (tertiary/aromatic N) is 6. The van der Waals surface area contributed by atoms with Crippen LogP contribution in [0.3, 0.4) is 0 Å². The van der Waals surface area contributed by atoms with E-state index in [1.54, 1.807) is 6.34 Å². The highest BCUT2D eigenvalue weighted by Gasteiger charge is 2.30. The van der Waals surface area contributed by atoms with E-state index < -0.39 is 0 Å². The number of hydrazine groups is 1. The minimum Gasteiger partial charge on any atom is -0.272 e. The average Bonchev–Trinajstić information content (AvgIpc) is 2.87. The van der Waals surface area contributed by atoms with Gasteiger partial charge in [-0.05, 0) is 11.8 Å². The molecule has 2 rings (SSSR count). The van der Waals surface area contributed by atoms with Gasteiger partial charge in [-0.2, -0.15) is 10.5 Å². The van der Waals surface area contributed by atoms with Crippen molar-refractivity contribution in [1.29, 1.82) is 10.5 Å². The summed E-state index contributed by atoms with van der Waals surface area (Å²) in [5.41, 5.74) is 0. The zero-order valence-electron chi connectivity index (χ0n) is 8.28. The zero-order valence-corrected chi connectivity index (χ0v) is 9.91. The summed E-state index contributed by atoms with van der Waals surface area (Å²) in [6.45, 7) is 2.18. The van der Waals surface area contributed by atoms with Crippen LogP contribution in [-0.2, 0) is 0 Å². The highest BCUT2D eigenvalue weighted by molar-refractivity contribution is 8.17. The molecule has 0 spiro atoms. The Labute approximate surface area is 102 Å². The monoisotopic (exact) mass is 252 g/mol. The SMILES string of the molecule is N#CSC1=NC(SC#N)CN1N1C=NCC1. The van der Waals surface area contributed by atoms with E-state index >= 15 is 0 Å².